The van der Waals surface area contributed by atoms with Gasteiger partial charge in [-0.3, -0.25) is 9.59 Å². The summed E-state index contributed by atoms with van der Waals surface area (Å²) in [6.45, 7) is 3.52. The van der Waals surface area contributed by atoms with E-state index in [2.05, 4.69) is 10.4 Å². The maximum atomic E-state index is 12.7. The highest BCUT2D eigenvalue weighted by Crippen LogP contribution is 2.36. The van der Waals surface area contributed by atoms with E-state index < -0.39 is 5.91 Å². The predicted molar refractivity (Wildman–Crippen MR) is 127 cm³/mol. The first kappa shape index (κ1) is 21.9. The van der Waals surface area contributed by atoms with Crippen LogP contribution in [0.25, 0.3) is 10.8 Å². The lowest BCUT2D eigenvalue weighted by Crippen LogP contribution is -2.29. The number of ether oxygens (including phenoxy) is 1. The van der Waals surface area contributed by atoms with Gasteiger partial charge >= 0.3 is 0 Å². The Morgan fingerprint density at radius 3 is 2.50 bits per heavy atom. The molecule has 8 heteroatoms. The highest BCUT2D eigenvalue weighted by molar-refractivity contribution is 6.31. The third kappa shape index (κ3) is 4.61. The number of aromatic nitrogens is 2. The number of anilines is 1. The number of halogens is 2. The molecule has 0 aliphatic heterocycles. The third-order valence-corrected chi connectivity index (χ3v) is 5.36. The van der Waals surface area contributed by atoms with Crippen LogP contribution in [0.15, 0.2) is 65.6 Å². The molecule has 6 nitrogen and oxygen atoms in total. The van der Waals surface area contributed by atoms with Crippen LogP contribution < -0.4 is 15.6 Å². The Morgan fingerprint density at radius 1 is 1.03 bits per heavy atom. The van der Waals surface area contributed by atoms with Crippen LogP contribution in [-0.2, 0) is 11.3 Å². The Bertz CT molecular complexity index is 1380. The van der Waals surface area contributed by atoms with Crippen molar-refractivity contribution >= 4 is 45.6 Å². The van der Waals surface area contributed by atoms with Crippen molar-refractivity contribution in [2.45, 2.75) is 20.4 Å². The molecule has 0 fully saturated rings. The average Bonchev–Trinajstić information content (AvgIpc) is 2.74. The van der Waals surface area contributed by atoms with Crippen molar-refractivity contribution in [1.82, 2.24) is 9.78 Å². The van der Waals surface area contributed by atoms with Gasteiger partial charge in [0.05, 0.1) is 17.3 Å². The number of benzene rings is 3. The Kier molecular flexibility index (Phi) is 6.17. The van der Waals surface area contributed by atoms with Gasteiger partial charge in [0.1, 0.15) is 12.3 Å². The second-order valence-corrected chi connectivity index (χ2v) is 8.23. The van der Waals surface area contributed by atoms with Gasteiger partial charge in [-0.15, -0.1) is 0 Å². The molecule has 1 aromatic heterocycles. The fraction of sp³-hybridized carbons (Fsp3) is 0.125. The maximum absolute atomic E-state index is 12.7. The van der Waals surface area contributed by atoms with Crippen molar-refractivity contribution in [3.8, 4) is 11.5 Å². The maximum Gasteiger partial charge on any atom is 0.275 e. The molecule has 162 valence electrons. The van der Waals surface area contributed by atoms with Crippen LogP contribution in [0, 0.1) is 13.8 Å². The number of hydrogen-bond donors (Lipinski definition) is 1. The summed E-state index contributed by atoms with van der Waals surface area (Å²) in [5.41, 5.74) is 1.75. The van der Waals surface area contributed by atoms with Gasteiger partial charge in [-0.05, 0) is 61.4 Å². The molecule has 1 heterocycles. The number of carbonyl (C=O) groups is 1. The minimum absolute atomic E-state index is 0.255. The first-order valence-corrected chi connectivity index (χ1v) is 10.6. The molecule has 4 aromatic rings. The molecule has 3 aromatic carbocycles. The number of nitrogens with zero attached hydrogens (tertiary/aromatic N) is 2. The van der Waals surface area contributed by atoms with Crippen LogP contribution in [0.2, 0.25) is 10.0 Å². The molecule has 1 N–H and O–H groups in total. The minimum Gasteiger partial charge on any atom is -0.455 e. The summed E-state index contributed by atoms with van der Waals surface area (Å²) < 4.78 is 7.22. The molecule has 0 unspecified atom stereocenters. The molecule has 0 radical (unpaired) electrons. The molecule has 0 bridgehead atoms. The van der Waals surface area contributed by atoms with Crippen molar-refractivity contribution in [2.24, 2.45) is 0 Å². The van der Waals surface area contributed by atoms with Gasteiger partial charge in [0.15, 0.2) is 5.75 Å². The smallest absolute Gasteiger partial charge is 0.275 e. The minimum atomic E-state index is -0.438. The van der Waals surface area contributed by atoms with Crippen molar-refractivity contribution in [3.63, 3.8) is 0 Å². The van der Waals surface area contributed by atoms with Crippen molar-refractivity contribution in [3.05, 3.63) is 92.3 Å². The van der Waals surface area contributed by atoms with E-state index in [1.807, 2.05) is 19.9 Å². The first-order chi connectivity index (χ1) is 15.3. The number of rotatable bonds is 5. The Morgan fingerprint density at radius 2 is 1.75 bits per heavy atom. The zero-order chi connectivity index (χ0) is 22.8. The van der Waals surface area contributed by atoms with Crippen molar-refractivity contribution in [2.75, 3.05) is 5.32 Å². The van der Waals surface area contributed by atoms with E-state index >= 15 is 0 Å². The van der Waals surface area contributed by atoms with E-state index in [9.17, 15) is 9.59 Å². The zero-order valence-corrected chi connectivity index (χ0v) is 18.9. The summed E-state index contributed by atoms with van der Waals surface area (Å²) in [6, 6.07) is 15.6. The number of hydrogen-bond acceptors (Lipinski definition) is 4. The van der Waals surface area contributed by atoms with Crippen LogP contribution in [0.3, 0.4) is 0 Å². The second kappa shape index (κ2) is 9.02. The average molecular weight is 468 g/mol. The van der Waals surface area contributed by atoms with Gasteiger partial charge in [-0.25, -0.2) is 4.68 Å². The summed E-state index contributed by atoms with van der Waals surface area (Å²) in [7, 11) is 0. The quantitative estimate of drug-likeness (QED) is 0.405. The lowest BCUT2D eigenvalue weighted by atomic mass is 10.1. The third-order valence-electron chi connectivity index (χ3n) is 4.91. The fourth-order valence-electron chi connectivity index (χ4n) is 3.42. The highest BCUT2D eigenvalue weighted by Gasteiger charge is 2.15. The monoisotopic (exact) mass is 467 g/mol. The van der Waals surface area contributed by atoms with Gasteiger partial charge in [-0.2, -0.15) is 5.10 Å². The molecule has 1 amide bonds. The number of nitrogens with one attached hydrogen (secondary N) is 1. The Hall–Kier alpha value is -3.35. The van der Waals surface area contributed by atoms with E-state index in [-0.39, 0.29) is 12.1 Å². The van der Waals surface area contributed by atoms with Crippen LogP contribution in [0.4, 0.5) is 5.69 Å². The zero-order valence-electron chi connectivity index (χ0n) is 17.4. The largest absolute Gasteiger partial charge is 0.455 e. The molecule has 0 saturated heterocycles. The molecule has 4 rings (SSSR count). The van der Waals surface area contributed by atoms with E-state index in [0.717, 1.165) is 15.8 Å². The number of carbonyl (C=O) groups excluding carboxylic acids is 1. The Labute approximate surface area is 194 Å². The summed E-state index contributed by atoms with van der Waals surface area (Å²) in [5, 5.41) is 9.13. The van der Waals surface area contributed by atoms with E-state index in [4.69, 9.17) is 27.9 Å². The summed E-state index contributed by atoms with van der Waals surface area (Å²) in [4.78, 5) is 25.4. The van der Waals surface area contributed by atoms with Gasteiger partial charge in [0.25, 0.3) is 5.56 Å². The van der Waals surface area contributed by atoms with Crippen molar-refractivity contribution in [1.29, 1.82) is 0 Å². The summed E-state index contributed by atoms with van der Waals surface area (Å²) >= 11 is 12.3. The number of aryl methyl sites for hydroxylation is 2. The van der Waals surface area contributed by atoms with E-state index in [1.54, 1.807) is 54.7 Å². The lowest BCUT2D eigenvalue weighted by molar-refractivity contribution is -0.117. The predicted octanol–water partition coefficient (Wildman–Crippen LogP) is 5.75. The Balaban J connectivity index is 1.60. The van der Waals surface area contributed by atoms with E-state index in [0.29, 0.717) is 38.0 Å². The molecular weight excluding hydrogens is 449 g/mol. The second-order valence-electron chi connectivity index (χ2n) is 7.35. The molecule has 0 aliphatic carbocycles. The van der Waals surface area contributed by atoms with Crippen LogP contribution in [0.1, 0.15) is 11.1 Å². The summed E-state index contributed by atoms with van der Waals surface area (Å²) in [6.07, 6.45) is 1.56. The standard InChI is InChI=1S/C24H19Cl2N3O3/c1-14-9-18(26)10-15(2)23(14)32-21-8-7-17(25)11-20(21)28-22(30)13-29-24(31)19-6-4-3-5-16(19)12-27-29/h3-12H,13H2,1-2H3,(H,28,30). The normalized spacial score (nSPS) is 10.9. The lowest BCUT2D eigenvalue weighted by Gasteiger charge is -2.16. The van der Waals surface area contributed by atoms with Gasteiger partial charge in [0, 0.05) is 15.4 Å². The highest BCUT2D eigenvalue weighted by atomic mass is 35.5. The SMILES string of the molecule is Cc1cc(Cl)cc(C)c1Oc1ccc(Cl)cc1NC(=O)Cn1ncc2ccccc2c1=O. The molecular formula is C24H19Cl2N3O3. The van der Waals surface area contributed by atoms with Crippen LogP contribution >= 0.6 is 23.2 Å². The molecule has 32 heavy (non-hydrogen) atoms. The topological polar surface area (TPSA) is 73.2 Å². The number of amides is 1. The summed E-state index contributed by atoms with van der Waals surface area (Å²) in [5.74, 6) is 0.612. The van der Waals surface area contributed by atoms with Gasteiger partial charge < -0.3 is 10.1 Å². The fourth-order valence-corrected chi connectivity index (χ4v) is 3.92. The van der Waals surface area contributed by atoms with Gasteiger partial charge in [0.2, 0.25) is 5.91 Å². The molecule has 0 atom stereocenters. The van der Waals surface area contributed by atoms with Crippen LogP contribution in [-0.4, -0.2) is 15.7 Å². The van der Waals surface area contributed by atoms with Crippen LogP contribution in [0.5, 0.6) is 11.5 Å². The molecule has 0 spiro atoms. The molecule has 0 saturated carbocycles. The van der Waals surface area contributed by atoms with E-state index in [1.165, 1.54) is 0 Å². The first-order valence-electron chi connectivity index (χ1n) is 9.80. The number of fused-ring (bicyclic) bond motifs is 1. The van der Waals surface area contributed by atoms with Crippen molar-refractivity contribution < 1.29 is 9.53 Å². The molecule has 0 aliphatic rings. The van der Waals surface area contributed by atoms with Gasteiger partial charge in [-0.1, -0.05) is 41.4 Å².